The molecule has 0 fully saturated rings. The predicted octanol–water partition coefficient (Wildman–Crippen LogP) is 6.27. The second-order valence-electron chi connectivity index (χ2n) is 9.42. The van der Waals surface area contributed by atoms with Gasteiger partial charge in [0.2, 0.25) is 0 Å². The van der Waals surface area contributed by atoms with E-state index < -0.39 is 11.8 Å². The number of Topliss-reactive ketones (excluding diaryl/α,β-unsaturated/α-hetero) is 1. The molecule has 0 saturated carbocycles. The lowest BCUT2D eigenvalue weighted by atomic mass is 9.69. The number of ketones is 1. The maximum atomic E-state index is 13.7. The fourth-order valence-electron chi connectivity index (χ4n) is 5.09. The van der Waals surface area contributed by atoms with E-state index in [0.29, 0.717) is 47.1 Å². The summed E-state index contributed by atoms with van der Waals surface area (Å²) in [6.07, 6.45) is 1.40. The van der Waals surface area contributed by atoms with E-state index in [1.165, 1.54) is 0 Å². The van der Waals surface area contributed by atoms with E-state index in [-0.39, 0.29) is 23.8 Å². The van der Waals surface area contributed by atoms with Gasteiger partial charge in [-0.1, -0.05) is 36.7 Å². The summed E-state index contributed by atoms with van der Waals surface area (Å²) in [7, 11) is 3.19. The molecule has 0 radical (unpaired) electrons. The number of nitrogens with zero attached hydrogens (tertiary/aromatic N) is 1. The molecule has 190 valence electrons. The van der Waals surface area contributed by atoms with E-state index in [0.717, 1.165) is 16.8 Å². The number of rotatable bonds is 7. The second-order valence-corrected chi connectivity index (χ2v) is 9.86. The molecular weight excluding hydrogens is 478 g/mol. The number of allylic oxidation sites excluding steroid dienone is 2. The van der Waals surface area contributed by atoms with E-state index in [1.807, 2.05) is 51.1 Å². The van der Waals surface area contributed by atoms with Crippen molar-refractivity contribution >= 4 is 29.1 Å². The summed E-state index contributed by atoms with van der Waals surface area (Å²) >= 11 is 6.15. The minimum Gasteiger partial charge on any atom is -0.493 e. The Morgan fingerprint density at radius 3 is 2.36 bits per heavy atom. The van der Waals surface area contributed by atoms with Crippen LogP contribution in [0.5, 0.6) is 11.5 Å². The van der Waals surface area contributed by atoms with Gasteiger partial charge in [-0.2, -0.15) is 0 Å². The number of aliphatic imine (C=N–C) groups is 1. The topological polar surface area (TPSA) is 74.2 Å². The minimum atomic E-state index is -0.666. The maximum absolute atomic E-state index is 13.7. The lowest BCUT2D eigenvalue weighted by molar-refractivity contribution is -0.151. The van der Waals surface area contributed by atoms with Gasteiger partial charge in [-0.3, -0.25) is 14.6 Å². The average molecular weight is 510 g/mol. The number of ether oxygens (including phenoxy) is 3. The van der Waals surface area contributed by atoms with Crippen molar-refractivity contribution < 1.29 is 23.8 Å². The molecule has 2 aliphatic rings. The summed E-state index contributed by atoms with van der Waals surface area (Å²) in [6.45, 7) is 5.68. The zero-order valence-corrected chi connectivity index (χ0v) is 22.1. The number of carbonyl (C=O) groups excluding carboxylic acids is 2. The number of benzene rings is 2. The third-order valence-corrected chi connectivity index (χ3v) is 7.39. The lowest BCUT2D eigenvalue weighted by Crippen LogP contribution is -2.39. The first kappa shape index (κ1) is 26.0. The van der Waals surface area contributed by atoms with Crippen LogP contribution >= 0.6 is 11.6 Å². The van der Waals surface area contributed by atoms with Gasteiger partial charge < -0.3 is 14.2 Å². The Balaban J connectivity index is 1.76. The SMILES string of the molecule is CC[C@@H](C)OC(=O)C1C(C)=NC2=C(C(=O)C[C@H](c3ccc(OC)c(OC)c3)C2)[C@H]1c1ccc(Cl)cc1. The van der Waals surface area contributed by atoms with Crippen LogP contribution in [0, 0.1) is 5.92 Å². The molecule has 4 atom stereocenters. The van der Waals surface area contributed by atoms with Gasteiger partial charge in [-0.15, -0.1) is 0 Å². The molecule has 2 aromatic carbocycles. The maximum Gasteiger partial charge on any atom is 0.315 e. The van der Waals surface area contributed by atoms with Crippen LogP contribution in [0.15, 0.2) is 58.7 Å². The molecule has 7 heteroatoms. The quantitative estimate of drug-likeness (QED) is 0.411. The van der Waals surface area contributed by atoms with Crippen molar-refractivity contribution in [2.24, 2.45) is 10.9 Å². The molecule has 1 heterocycles. The molecule has 0 amide bonds. The van der Waals surface area contributed by atoms with Crippen molar-refractivity contribution in [1.29, 1.82) is 0 Å². The van der Waals surface area contributed by atoms with E-state index >= 15 is 0 Å². The van der Waals surface area contributed by atoms with Gasteiger partial charge in [0.25, 0.3) is 0 Å². The van der Waals surface area contributed by atoms with Gasteiger partial charge in [0, 0.05) is 34.3 Å². The summed E-state index contributed by atoms with van der Waals surface area (Å²) in [6, 6.07) is 13.1. The van der Waals surface area contributed by atoms with Crippen molar-refractivity contribution in [3.63, 3.8) is 0 Å². The summed E-state index contributed by atoms with van der Waals surface area (Å²) in [4.78, 5) is 31.9. The predicted molar refractivity (Wildman–Crippen MR) is 140 cm³/mol. The van der Waals surface area contributed by atoms with Crippen molar-refractivity contribution in [2.75, 3.05) is 14.2 Å². The molecule has 1 aliphatic carbocycles. The van der Waals surface area contributed by atoms with Crippen LogP contribution in [0.25, 0.3) is 0 Å². The highest BCUT2D eigenvalue weighted by Gasteiger charge is 2.45. The number of methoxy groups -OCH3 is 2. The highest BCUT2D eigenvalue weighted by molar-refractivity contribution is 6.30. The van der Waals surface area contributed by atoms with Gasteiger partial charge in [-0.05, 0) is 68.0 Å². The molecule has 2 aromatic rings. The Bertz CT molecular complexity index is 1220. The van der Waals surface area contributed by atoms with Crippen molar-refractivity contribution in [2.45, 2.75) is 58.0 Å². The van der Waals surface area contributed by atoms with Crippen LogP contribution in [0.3, 0.4) is 0 Å². The van der Waals surface area contributed by atoms with Crippen LogP contribution < -0.4 is 9.47 Å². The molecule has 0 spiro atoms. The lowest BCUT2D eigenvalue weighted by Gasteiger charge is -2.37. The Labute approximate surface area is 217 Å². The number of esters is 1. The number of halogens is 1. The van der Waals surface area contributed by atoms with Crippen molar-refractivity contribution in [1.82, 2.24) is 0 Å². The number of carbonyl (C=O) groups is 2. The third-order valence-electron chi connectivity index (χ3n) is 7.14. The summed E-state index contributed by atoms with van der Waals surface area (Å²) in [5.74, 6) is -0.286. The summed E-state index contributed by atoms with van der Waals surface area (Å²) < 4.78 is 16.6. The molecule has 6 nitrogen and oxygen atoms in total. The van der Waals surface area contributed by atoms with Gasteiger partial charge in [-0.25, -0.2) is 0 Å². The smallest absolute Gasteiger partial charge is 0.315 e. The van der Waals surface area contributed by atoms with Gasteiger partial charge >= 0.3 is 5.97 Å². The van der Waals surface area contributed by atoms with E-state index in [4.69, 9.17) is 30.8 Å². The molecule has 36 heavy (non-hydrogen) atoms. The van der Waals surface area contributed by atoms with Crippen molar-refractivity contribution in [3.05, 3.63) is 69.9 Å². The van der Waals surface area contributed by atoms with E-state index in [1.54, 1.807) is 26.4 Å². The second kappa shape index (κ2) is 10.9. The number of hydrogen-bond acceptors (Lipinski definition) is 6. The number of hydrogen-bond donors (Lipinski definition) is 0. The fraction of sp³-hybridized carbons (Fsp3) is 0.414. The van der Waals surface area contributed by atoms with Crippen LogP contribution in [0.1, 0.15) is 63.0 Å². The zero-order chi connectivity index (χ0) is 26.0. The van der Waals surface area contributed by atoms with Crippen molar-refractivity contribution in [3.8, 4) is 11.5 Å². The molecule has 1 aliphatic heterocycles. The Hall–Kier alpha value is -3.12. The van der Waals surface area contributed by atoms with Crippen LogP contribution in [-0.2, 0) is 14.3 Å². The molecule has 0 bridgehead atoms. The monoisotopic (exact) mass is 509 g/mol. The highest BCUT2D eigenvalue weighted by atomic mass is 35.5. The van der Waals surface area contributed by atoms with E-state index in [2.05, 4.69) is 0 Å². The molecule has 1 unspecified atom stereocenters. The van der Waals surface area contributed by atoms with Gasteiger partial charge in [0.15, 0.2) is 17.3 Å². The summed E-state index contributed by atoms with van der Waals surface area (Å²) in [5, 5.41) is 0.594. The largest absolute Gasteiger partial charge is 0.493 e. The van der Waals surface area contributed by atoms with Crippen LogP contribution in [0.4, 0.5) is 0 Å². The molecule has 0 saturated heterocycles. The first-order valence-electron chi connectivity index (χ1n) is 12.3. The standard InChI is InChI=1S/C29H32ClNO5/c1-6-16(2)36-29(33)26-17(3)31-22-13-20(19-9-12-24(34-4)25(15-19)35-5)14-23(32)28(22)27(26)18-7-10-21(30)11-8-18/h7-12,15-16,20,26-27H,6,13-14H2,1-5H3/t16-,20-,26?,27+/m1/s1. The highest BCUT2D eigenvalue weighted by Crippen LogP contribution is 2.47. The first-order valence-corrected chi connectivity index (χ1v) is 12.6. The third kappa shape index (κ3) is 5.05. The van der Waals surface area contributed by atoms with Crippen LogP contribution in [0.2, 0.25) is 5.02 Å². The summed E-state index contributed by atoms with van der Waals surface area (Å²) in [5.41, 5.74) is 3.83. The van der Waals surface area contributed by atoms with Crippen LogP contribution in [-0.4, -0.2) is 37.8 Å². The molecular formula is C29H32ClNO5. The Morgan fingerprint density at radius 2 is 1.72 bits per heavy atom. The molecule has 4 rings (SSSR count). The first-order chi connectivity index (χ1) is 17.3. The fourth-order valence-corrected chi connectivity index (χ4v) is 5.22. The Morgan fingerprint density at radius 1 is 1.06 bits per heavy atom. The molecule has 0 N–H and O–H groups in total. The van der Waals surface area contributed by atoms with E-state index in [9.17, 15) is 9.59 Å². The zero-order valence-electron chi connectivity index (χ0n) is 21.3. The Kier molecular flexibility index (Phi) is 7.84. The molecule has 0 aromatic heterocycles. The minimum absolute atomic E-state index is 0.00595. The van der Waals surface area contributed by atoms with Gasteiger partial charge in [0.1, 0.15) is 5.92 Å². The van der Waals surface area contributed by atoms with Gasteiger partial charge in [0.05, 0.1) is 20.3 Å². The normalized spacial score (nSPS) is 22.4. The average Bonchev–Trinajstić information content (AvgIpc) is 2.87.